The first-order valence-corrected chi connectivity index (χ1v) is 4.03. The summed E-state index contributed by atoms with van der Waals surface area (Å²) >= 11 is 0. The Labute approximate surface area is 80.6 Å². The summed E-state index contributed by atoms with van der Waals surface area (Å²) in [4.78, 5) is 10.1. The first kappa shape index (κ1) is 10.3. The molecule has 1 aromatic rings. The molecule has 4 N–H and O–H groups in total. The van der Waals surface area contributed by atoms with Gasteiger partial charge in [-0.15, -0.1) is 0 Å². The first-order valence-electron chi connectivity index (χ1n) is 4.03. The smallest absolute Gasteiger partial charge is 0.404 e. The molecule has 0 aromatic heterocycles. The topological polar surface area (TPSA) is 89.8 Å². The lowest BCUT2D eigenvalue weighted by Crippen LogP contribution is -2.26. The number of hydrogen-bond donors (Lipinski definition) is 4. The minimum absolute atomic E-state index is 0.0693. The number of aliphatic hydroxyl groups is 1. The van der Waals surface area contributed by atoms with Crippen LogP contribution in [0.1, 0.15) is 11.7 Å². The second-order valence-corrected chi connectivity index (χ2v) is 2.79. The Morgan fingerprint density at radius 3 is 2.43 bits per heavy atom. The number of carboxylic acid groups (broad SMARTS) is 1. The minimum atomic E-state index is -1.18. The molecule has 1 rings (SSSR count). The van der Waals surface area contributed by atoms with Crippen LogP contribution in [0.4, 0.5) is 4.79 Å². The van der Waals surface area contributed by atoms with Gasteiger partial charge < -0.3 is 20.6 Å². The fourth-order valence-electron chi connectivity index (χ4n) is 0.998. The molecule has 0 heterocycles. The van der Waals surface area contributed by atoms with Crippen molar-refractivity contribution in [3.05, 3.63) is 29.8 Å². The van der Waals surface area contributed by atoms with Crippen LogP contribution in [0.15, 0.2) is 24.3 Å². The third-order valence-corrected chi connectivity index (χ3v) is 1.72. The van der Waals surface area contributed by atoms with Crippen molar-refractivity contribution in [3.8, 4) is 5.75 Å². The molecule has 0 aliphatic carbocycles. The molecule has 0 unspecified atom stereocenters. The van der Waals surface area contributed by atoms with Crippen molar-refractivity contribution < 1.29 is 20.1 Å². The Bertz CT molecular complexity index is 309. The lowest BCUT2D eigenvalue weighted by Gasteiger charge is -2.10. The zero-order valence-corrected chi connectivity index (χ0v) is 7.34. The number of phenols is 1. The van der Waals surface area contributed by atoms with E-state index < -0.39 is 12.2 Å². The molecule has 1 aromatic carbocycles. The van der Waals surface area contributed by atoms with Gasteiger partial charge in [0, 0.05) is 0 Å². The van der Waals surface area contributed by atoms with Crippen LogP contribution in [0.5, 0.6) is 5.75 Å². The SMILES string of the molecule is O=C(O)NC[C@H](O)c1ccc(O)cc1. The number of phenolic OH excluding ortho intramolecular Hbond substituents is 1. The average Bonchev–Trinajstić information content (AvgIpc) is 2.15. The highest BCUT2D eigenvalue weighted by Crippen LogP contribution is 2.15. The summed E-state index contributed by atoms with van der Waals surface area (Å²) in [7, 11) is 0. The van der Waals surface area contributed by atoms with Crippen LogP contribution in [-0.2, 0) is 0 Å². The number of carbonyl (C=O) groups is 1. The van der Waals surface area contributed by atoms with Crippen molar-refractivity contribution in [1.82, 2.24) is 5.32 Å². The van der Waals surface area contributed by atoms with E-state index in [1.807, 2.05) is 0 Å². The van der Waals surface area contributed by atoms with E-state index in [9.17, 15) is 9.90 Å². The third-order valence-electron chi connectivity index (χ3n) is 1.72. The van der Waals surface area contributed by atoms with E-state index in [1.54, 1.807) is 0 Å². The van der Waals surface area contributed by atoms with Gasteiger partial charge in [-0.3, -0.25) is 0 Å². The van der Waals surface area contributed by atoms with Crippen molar-refractivity contribution in [2.24, 2.45) is 0 Å². The summed E-state index contributed by atoms with van der Waals surface area (Å²) in [6, 6.07) is 5.92. The van der Waals surface area contributed by atoms with E-state index in [1.165, 1.54) is 24.3 Å². The largest absolute Gasteiger partial charge is 0.508 e. The second kappa shape index (κ2) is 4.48. The van der Waals surface area contributed by atoms with Gasteiger partial charge in [0.2, 0.25) is 0 Å². The molecule has 5 nitrogen and oxygen atoms in total. The number of amides is 1. The molecule has 0 aliphatic rings. The van der Waals surface area contributed by atoms with Crippen molar-refractivity contribution in [1.29, 1.82) is 0 Å². The maximum absolute atomic E-state index is 10.1. The lowest BCUT2D eigenvalue weighted by molar-refractivity contribution is 0.159. The van der Waals surface area contributed by atoms with Gasteiger partial charge in [0.15, 0.2) is 0 Å². The van der Waals surface area contributed by atoms with E-state index in [2.05, 4.69) is 5.32 Å². The number of nitrogens with one attached hydrogen (secondary N) is 1. The summed E-state index contributed by atoms with van der Waals surface area (Å²) in [5.74, 6) is 0.104. The molecule has 0 saturated carbocycles. The number of rotatable bonds is 3. The highest BCUT2D eigenvalue weighted by Gasteiger charge is 2.07. The Morgan fingerprint density at radius 1 is 1.36 bits per heavy atom. The molecule has 0 aliphatic heterocycles. The molecular weight excluding hydrogens is 186 g/mol. The number of benzene rings is 1. The molecule has 0 bridgehead atoms. The lowest BCUT2D eigenvalue weighted by atomic mass is 10.1. The Hall–Kier alpha value is -1.75. The van der Waals surface area contributed by atoms with Gasteiger partial charge in [0.25, 0.3) is 0 Å². The Morgan fingerprint density at radius 2 is 1.93 bits per heavy atom. The van der Waals surface area contributed by atoms with E-state index >= 15 is 0 Å². The highest BCUT2D eigenvalue weighted by atomic mass is 16.4. The van der Waals surface area contributed by atoms with Crippen LogP contribution in [0.2, 0.25) is 0 Å². The van der Waals surface area contributed by atoms with Gasteiger partial charge in [-0.2, -0.15) is 0 Å². The first-order chi connectivity index (χ1) is 6.59. The highest BCUT2D eigenvalue weighted by molar-refractivity contribution is 5.64. The Kier molecular flexibility index (Phi) is 3.30. The summed E-state index contributed by atoms with van der Waals surface area (Å²) in [5.41, 5.74) is 0.552. The fraction of sp³-hybridized carbons (Fsp3) is 0.222. The molecule has 0 fully saturated rings. The predicted octanol–water partition coefficient (Wildman–Crippen LogP) is 0.693. The van der Waals surface area contributed by atoms with Crippen LogP contribution in [0.3, 0.4) is 0 Å². The summed E-state index contributed by atoms with van der Waals surface area (Å²) in [6.07, 6.45) is -2.07. The maximum Gasteiger partial charge on any atom is 0.404 e. The van der Waals surface area contributed by atoms with Crippen LogP contribution in [0, 0.1) is 0 Å². The standard InChI is InChI=1S/C9H11NO4/c11-7-3-1-6(2-4-7)8(12)5-10-9(13)14/h1-4,8,10-12H,5H2,(H,13,14)/t8-/m0/s1. The molecule has 0 saturated heterocycles. The summed E-state index contributed by atoms with van der Waals surface area (Å²) < 4.78 is 0. The van der Waals surface area contributed by atoms with Crippen molar-refractivity contribution in [3.63, 3.8) is 0 Å². The van der Waals surface area contributed by atoms with Gasteiger partial charge >= 0.3 is 6.09 Å². The number of aliphatic hydroxyl groups excluding tert-OH is 1. The molecule has 1 amide bonds. The second-order valence-electron chi connectivity index (χ2n) is 2.79. The molecular formula is C9H11NO4. The molecule has 0 radical (unpaired) electrons. The normalized spacial score (nSPS) is 12.1. The zero-order valence-electron chi connectivity index (χ0n) is 7.34. The van der Waals surface area contributed by atoms with Crippen molar-refractivity contribution in [2.45, 2.75) is 6.10 Å². The summed E-state index contributed by atoms with van der Waals surface area (Å²) in [5, 5.41) is 28.8. The quantitative estimate of drug-likeness (QED) is 0.574. The number of aromatic hydroxyl groups is 1. The summed E-state index contributed by atoms with van der Waals surface area (Å²) in [6.45, 7) is -0.0693. The fourth-order valence-corrected chi connectivity index (χ4v) is 0.998. The monoisotopic (exact) mass is 197 g/mol. The van der Waals surface area contributed by atoms with E-state index in [-0.39, 0.29) is 12.3 Å². The van der Waals surface area contributed by atoms with Gasteiger partial charge in [-0.1, -0.05) is 12.1 Å². The van der Waals surface area contributed by atoms with E-state index in [4.69, 9.17) is 10.2 Å². The molecule has 0 spiro atoms. The van der Waals surface area contributed by atoms with E-state index in [0.717, 1.165) is 0 Å². The zero-order chi connectivity index (χ0) is 10.6. The third kappa shape index (κ3) is 2.95. The van der Waals surface area contributed by atoms with Gasteiger partial charge in [0.05, 0.1) is 12.6 Å². The predicted molar refractivity (Wildman–Crippen MR) is 49.1 cm³/mol. The maximum atomic E-state index is 10.1. The molecule has 1 atom stereocenters. The molecule has 5 heteroatoms. The van der Waals surface area contributed by atoms with Crippen LogP contribution in [0.25, 0.3) is 0 Å². The van der Waals surface area contributed by atoms with Crippen LogP contribution in [-0.4, -0.2) is 28.0 Å². The van der Waals surface area contributed by atoms with Crippen LogP contribution < -0.4 is 5.32 Å². The van der Waals surface area contributed by atoms with Gasteiger partial charge in [-0.25, -0.2) is 4.79 Å². The number of hydrogen-bond acceptors (Lipinski definition) is 3. The van der Waals surface area contributed by atoms with Crippen molar-refractivity contribution >= 4 is 6.09 Å². The van der Waals surface area contributed by atoms with Crippen LogP contribution >= 0.6 is 0 Å². The average molecular weight is 197 g/mol. The van der Waals surface area contributed by atoms with Crippen molar-refractivity contribution in [2.75, 3.05) is 6.54 Å². The van der Waals surface area contributed by atoms with Gasteiger partial charge in [-0.05, 0) is 17.7 Å². The molecule has 14 heavy (non-hydrogen) atoms. The molecule has 76 valence electrons. The Balaban J connectivity index is 2.56. The minimum Gasteiger partial charge on any atom is -0.508 e. The van der Waals surface area contributed by atoms with E-state index in [0.29, 0.717) is 5.56 Å². The van der Waals surface area contributed by atoms with Gasteiger partial charge in [0.1, 0.15) is 5.75 Å².